The van der Waals surface area contributed by atoms with Crippen LogP contribution in [0.5, 0.6) is 0 Å². The minimum Gasteiger partial charge on any atom is -0.393 e. The number of aliphatic hydroxyl groups excluding tert-OH is 1. The lowest BCUT2D eigenvalue weighted by atomic mass is 9.79. The maximum Gasteiger partial charge on any atom is 0.0541 e. The Morgan fingerprint density at radius 3 is 2.42 bits per heavy atom. The molecule has 1 spiro atoms. The molecule has 1 heterocycles. The van der Waals surface area contributed by atoms with Crippen molar-refractivity contribution < 1.29 is 5.11 Å². The van der Waals surface area contributed by atoms with Gasteiger partial charge in [0.2, 0.25) is 0 Å². The van der Waals surface area contributed by atoms with E-state index >= 15 is 0 Å². The summed E-state index contributed by atoms with van der Waals surface area (Å²) in [5.74, 6) is 0. The van der Waals surface area contributed by atoms with E-state index in [2.05, 4.69) is 11.9 Å². The number of aliphatic hydroxyl groups is 1. The predicted molar refractivity (Wildman–Crippen MR) is 49.1 cm³/mol. The topological polar surface area (TPSA) is 23.5 Å². The fraction of sp³-hybridized carbons (Fsp3) is 1.00. The Kier molecular flexibility index (Phi) is 2.13. The fourth-order valence-electron chi connectivity index (χ4n) is 2.84. The standard InChI is InChI=1S/C10H19NO/c1-11-8-2-5-10(11)6-3-9(12)4-7-10/h9,12H,2-8H2,1H3. The number of rotatable bonds is 0. The molecule has 1 aliphatic heterocycles. The smallest absolute Gasteiger partial charge is 0.0541 e. The second-order valence-electron chi connectivity index (χ2n) is 4.48. The van der Waals surface area contributed by atoms with Gasteiger partial charge >= 0.3 is 0 Å². The quantitative estimate of drug-likeness (QED) is 0.592. The lowest BCUT2D eigenvalue weighted by molar-refractivity contribution is 0.0439. The highest BCUT2D eigenvalue weighted by Gasteiger charge is 2.40. The summed E-state index contributed by atoms with van der Waals surface area (Å²) in [6.07, 6.45) is 7.16. The third-order valence-corrected chi connectivity index (χ3v) is 3.83. The summed E-state index contributed by atoms with van der Waals surface area (Å²) in [5.41, 5.74) is 0.485. The lowest BCUT2D eigenvalue weighted by Crippen LogP contribution is -2.45. The van der Waals surface area contributed by atoms with E-state index < -0.39 is 0 Å². The van der Waals surface area contributed by atoms with Gasteiger partial charge in [-0.1, -0.05) is 0 Å². The molecule has 0 amide bonds. The highest BCUT2D eigenvalue weighted by Crippen LogP contribution is 2.40. The van der Waals surface area contributed by atoms with Crippen molar-refractivity contribution in [3.05, 3.63) is 0 Å². The van der Waals surface area contributed by atoms with Crippen molar-refractivity contribution >= 4 is 0 Å². The Labute approximate surface area is 74.6 Å². The molecule has 2 fully saturated rings. The second-order valence-corrected chi connectivity index (χ2v) is 4.48. The van der Waals surface area contributed by atoms with Crippen molar-refractivity contribution in [2.75, 3.05) is 13.6 Å². The van der Waals surface area contributed by atoms with Gasteiger partial charge < -0.3 is 10.0 Å². The molecule has 0 unspecified atom stereocenters. The Bertz CT molecular complexity index is 161. The van der Waals surface area contributed by atoms with Gasteiger partial charge in [0.05, 0.1) is 6.10 Å². The molecule has 2 rings (SSSR count). The van der Waals surface area contributed by atoms with Gasteiger partial charge in [0.15, 0.2) is 0 Å². The van der Waals surface area contributed by atoms with Gasteiger partial charge in [0, 0.05) is 5.54 Å². The average molecular weight is 169 g/mol. The van der Waals surface area contributed by atoms with Crippen LogP contribution in [0.4, 0.5) is 0 Å². The molecule has 0 atom stereocenters. The molecule has 0 aromatic rings. The summed E-state index contributed by atoms with van der Waals surface area (Å²) in [7, 11) is 2.24. The van der Waals surface area contributed by atoms with E-state index in [1.807, 2.05) is 0 Å². The third kappa shape index (κ3) is 1.27. The molecule has 0 aromatic heterocycles. The van der Waals surface area contributed by atoms with Crippen molar-refractivity contribution in [3.63, 3.8) is 0 Å². The molecule has 12 heavy (non-hydrogen) atoms. The summed E-state index contributed by atoms with van der Waals surface area (Å²) in [6, 6.07) is 0. The van der Waals surface area contributed by atoms with E-state index in [1.54, 1.807) is 0 Å². The van der Waals surface area contributed by atoms with Gasteiger partial charge in [-0.2, -0.15) is 0 Å². The van der Waals surface area contributed by atoms with Gasteiger partial charge in [-0.3, -0.25) is 0 Å². The van der Waals surface area contributed by atoms with Crippen LogP contribution in [0, 0.1) is 0 Å². The number of nitrogens with zero attached hydrogens (tertiary/aromatic N) is 1. The molecule has 0 radical (unpaired) electrons. The van der Waals surface area contributed by atoms with Crippen molar-refractivity contribution in [1.82, 2.24) is 4.90 Å². The first-order valence-electron chi connectivity index (χ1n) is 5.12. The summed E-state index contributed by atoms with van der Waals surface area (Å²) >= 11 is 0. The summed E-state index contributed by atoms with van der Waals surface area (Å²) in [4.78, 5) is 2.51. The first-order valence-corrected chi connectivity index (χ1v) is 5.12. The normalized spacial score (nSPS) is 44.0. The highest BCUT2D eigenvalue weighted by molar-refractivity contribution is 4.97. The zero-order valence-corrected chi connectivity index (χ0v) is 7.92. The van der Waals surface area contributed by atoms with Crippen molar-refractivity contribution in [2.45, 2.75) is 50.2 Å². The van der Waals surface area contributed by atoms with Crippen LogP contribution in [0.1, 0.15) is 38.5 Å². The van der Waals surface area contributed by atoms with Crippen LogP contribution in [-0.4, -0.2) is 35.2 Å². The molecule has 0 aromatic carbocycles. The molecular formula is C10H19NO. The van der Waals surface area contributed by atoms with Gasteiger partial charge in [0.25, 0.3) is 0 Å². The average Bonchev–Trinajstić information content (AvgIpc) is 2.41. The molecule has 2 nitrogen and oxygen atoms in total. The molecular weight excluding hydrogens is 150 g/mol. The van der Waals surface area contributed by atoms with E-state index in [4.69, 9.17) is 0 Å². The van der Waals surface area contributed by atoms with Gasteiger partial charge in [-0.05, 0) is 52.1 Å². The van der Waals surface area contributed by atoms with Crippen LogP contribution in [0.2, 0.25) is 0 Å². The Balaban J connectivity index is 2.02. The largest absolute Gasteiger partial charge is 0.393 e. The van der Waals surface area contributed by atoms with E-state index in [-0.39, 0.29) is 6.10 Å². The second kappa shape index (κ2) is 3.00. The van der Waals surface area contributed by atoms with Crippen molar-refractivity contribution in [1.29, 1.82) is 0 Å². The summed E-state index contributed by atoms with van der Waals surface area (Å²) < 4.78 is 0. The Morgan fingerprint density at radius 1 is 1.25 bits per heavy atom. The van der Waals surface area contributed by atoms with Crippen LogP contribution in [0.3, 0.4) is 0 Å². The van der Waals surface area contributed by atoms with Crippen LogP contribution >= 0.6 is 0 Å². The van der Waals surface area contributed by atoms with E-state index in [0.717, 1.165) is 12.8 Å². The number of likely N-dealkylation sites (tertiary alicyclic amines) is 1. The van der Waals surface area contributed by atoms with E-state index in [1.165, 1.54) is 32.2 Å². The van der Waals surface area contributed by atoms with Crippen molar-refractivity contribution in [2.24, 2.45) is 0 Å². The van der Waals surface area contributed by atoms with Crippen LogP contribution < -0.4 is 0 Å². The monoisotopic (exact) mass is 169 g/mol. The van der Waals surface area contributed by atoms with E-state index in [0.29, 0.717) is 5.54 Å². The number of hydrogen-bond acceptors (Lipinski definition) is 2. The zero-order chi connectivity index (χ0) is 8.60. The number of hydrogen-bond donors (Lipinski definition) is 1. The molecule has 1 saturated heterocycles. The van der Waals surface area contributed by atoms with E-state index in [9.17, 15) is 5.11 Å². The minimum atomic E-state index is -0.00961. The molecule has 2 heteroatoms. The van der Waals surface area contributed by atoms with Gasteiger partial charge in [0.1, 0.15) is 0 Å². The van der Waals surface area contributed by atoms with Crippen molar-refractivity contribution in [3.8, 4) is 0 Å². The van der Waals surface area contributed by atoms with Crippen LogP contribution in [-0.2, 0) is 0 Å². The molecule has 2 aliphatic rings. The molecule has 70 valence electrons. The minimum absolute atomic E-state index is 0.00961. The fourth-order valence-corrected chi connectivity index (χ4v) is 2.84. The zero-order valence-electron chi connectivity index (χ0n) is 7.92. The van der Waals surface area contributed by atoms with Gasteiger partial charge in [-0.15, -0.1) is 0 Å². The predicted octanol–water partition coefficient (Wildman–Crippen LogP) is 1.39. The Morgan fingerprint density at radius 2 is 1.92 bits per heavy atom. The first kappa shape index (κ1) is 8.52. The van der Waals surface area contributed by atoms with Crippen LogP contribution in [0.25, 0.3) is 0 Å². The summed E-state index contributed by atoms with van der Waals surface area (Å²) in [6.45, 7) is 1.26. The highest BCUT2D eigenvalue weighted by atomic mass is 16.3. The maximum atomic E-state index is 9.42. The third-order valence-electron chi connectivity index (χ3n) is 3.83. The Hall–Kier alpha value is -0.0800. The molecule has 0 bridgehead atoms. The van der Waals surface area contributed by atoms with Gasteiger partial charge in [-0.25, -0.2) is 0 Å². The SMILES string of the molecule is CN1CCCC12CCC(O)CC2. The maximum absolute atomic E-state index is 9.42. The molecule has 1 saturated carbocycles. The molecule has 1 aliphatic carbocycles. The lowest BCUT2D eigenvalue weighted by Gasteiger charge is -2.41. The first-order chi connectivity index (χ1) is 5.73. The molecule has 1 N–H and O–H groups in total. The summed E-state index contributed by atoms with van der Waals surface area (Å²) in [5, 5.41) is 9.42. The van der Waals surface area contributed by atoms with Crippen LogP contribution in [0.15, 0.2) is 0 Å².